The Morgan fingerprint density at radius 3 is 2.83 bits per heavy atom. The van der Waals surface area contributed by atoms with Crippen LogP contribution in [0.5, 0.6) is 0 Å². The van der Waals surface area contributed by atoms with E-state index in [0.717, 1.165) is 10.0 Å². The number of rotatable bonds is 2. The van der Waals surface area contributed by atoms with Crippen LogP contribution >= 0.6 is 15.9 Å². The first-order chi connectivity index (χ1) is 8.56. The van der Waals surface area contributed by atoms with Gasteiger partial charge in [0.15, 0.2) is 0 Å². The number of aryl methyl sites for hydroxylation is 1. The number of carbonyl (C=O) groups is 1. The molecule has 0 unspecified atom stereocenters. The number of carbonyl (C=O) groups excluding carboxylic acids is 1. The number of hydrogen-bond acceptors (Lipinski definition) is 3. The second kappa shape index (κ2) is 5.18. The Hall–Kier alpha value is -1.88. The maximum atomic E-state index is 12.0. The van der Waals surface area contributed by atoms with Crippen molar-refractivity contribution in [2.45, 2.75) is 6.92 Å². The van der Waals surface area contributed by atoms with Gasteiger partial charge in [-0.05, 0) is 52.7 Å². The Balaban J connectivity index is 2.24. The molecule has 3 N–H and O–H groups in total. The van der Waals surface area contributed by atoms with Crippen LogP contribution in [0.1, 0.15) is 15.9 Å². The number of halogens is 1. The highest BCUT2D eigenvalue weighted by Crippen LogP contribution is 2.25. The lowest BCUT2D eigenvalue weighted by Crippen LogP contribution is -2.13. The summed E-state index contributed by atoms with van der Waals surface area (Å²) >= 11 is 3.36. The van der Waals surface area contributed by atoms with Crippen LogP contribution in [0.25, 0.3) is 0 Å². The van der Waals surface area contributed by atoms with Gasteiger partial charge in [-0.1, -0.05) is 0 Å². The molecule has 0 aliphatic carbocycles. The minimum Gasteiger partial charge on any atom is -0.399 e. The van der Waals surface area contributed by atoms with Crippen LogP contribution in [0, 0.1) is 6.92 Å². The van der Waals surface area contributed by atoms with E-state index >= 15 is 0 Å². The summed E-state index contributed by atoms with van der Waals surface area (Å²) in [6.07, 6.45) is 3.23. The van der Waals surface area contributed by atoms with Crippen LogP contribution in [-0.4, -0.2) is 10.9 Å². The molecule has 0 saturated carbocycles. The molecule has 4 nitrogen and oxygen atoms in total. The van der Waals surface area contributed by atoms with Gasteiger partial charge < -0.3 is 11.1 Å². The molecule has 1 heterocycles. The molecule has 0 radical (unpaired) electrons. The topological polar surface area (TPSA) is 68.0 Å². The standard InChI is InChI=1S/C13H12BrN3O/c1-8-4-9(7-16-6-8)13(18)17-12-5-10(15)2-3-11(12)14/h2-7H,15H2,1H3,(H,17,18). The average molecular weight is 306 g/mol. The molecule has 18 heavy (non-hydrogen) atoms. The van der Waals surface area contributed by atoms with Gasteiger partial charge >= 0.3 is 0 Å². The van der Waals surface area contributed by atoms with E-state index in [1.165, 1.54) is 6.20 Å². The highest BCUT2D eigenvalue weighted by Gasteiger charge is 2.09. The van der Waals surface area contributed by atoms with Crippen LogP contribution < -0.4 is 11.1 Å². The molecule has 92 valence electrons. The molecule has 1 aromatic carbocycles. The van der Waals surface area contributed by atoms with E-state index in [-0.39, 0.29) is 5.91 Å². The van der Waals surface area contributed by atoms with Gasteiger partial charge in [0.05, 0.1) is 11.3 Å². The Morgan fingerprint density at radius 2 is 2.11 bits per heavy atom. The van der Waals surface area contributed by atoms with Crippen molar-refractivity contribution in [2.24, 2.45) is 0 Å². The number of amides is 1. The third-order valence-corrected chi connectivity index (χ3v) is 3.07. The van der Waals surface area contributed by atoms with Gasteiger partial charge in [0, 0.05) is 22.6 Å². The molecule has 0 bridgehead atoms. The van der Waals surface area contributed by atoms with Gasteiger partial charge in [-0.25, -0.2) is 0 Å². The molecule has 0 fully saturated rings. The Bertz CT molecular complexity index is 599. The normalized spacial score (nSPS) is 10.1. The van der Waals surface area contributed by atoms with E-state index in [0.29, 0.717) is 16.9 Å². The zero-order valence-corrected chi connectivity index (χ0v) is 11.4. The zero-order valence-electron chi connectivity index (χ0n) is 9.77. The lowest BCUT2D eigenvalue weighted by molar-refractivity contribution is 0.102. The SMILES string of the molecule is Cc1cncc(C(=O)Nc2cc(N)ccc2Br)c1. The van der Waals surface area contributed by atoms with Crippen molar-refractivity contribution in [1.29, 1.82) is 0 Å². The smallest absolute Gasteiger partial charge is 0.257 e. The van der Waals surface area contributed by atoms with Crippen LogP contribution in [0.2, 0.25) is 0 Å². The maximum absolute atomic E-state index is 12.0. The molecule has 2 aromatic rings. The summed E-state index contributed by atoms with van der Waals surface area (Å²) in [5.74, 6) is -0.211. The van der Waals surface area contributed by atoms with Crippen molar-refractivity contribution in [2.75, 3.05) is 11.1 Å². The van der Waals surface area contributed by atoms with Gasteiger partial charge in [-0.3, -0.25) is 9.78 Å². The first-order valence-corrected chi connectivity index (χ1v) is 6.13. The first kappa shape index (κ1) is 12.6. The van der Waals surface area contributed by atoms with E-state index in [2.05, 4.69) is 26.2 Å². The number of nitrogens with two attached hydrogens (primary N) is 1. The number of nitrogens with zero attached hydrogens (tertiary/aromatic N) is 1. The zero-order chi connectivity index (χ0) is 13.1. The van der Waals surface area contributed by atoms with E-state index in [1.54, 1.807) is 30.5 Å². The predicted octanol–water partition coefficient (Wildman–Crippen LogP) is 2.99. The lowest BCUT2D eigenvalue weighted by atomic mass is 10.2. The molecule has 0 spiro atoms. The number of nitrogen functional groups attached to an aromatic ring is 1. The van der Waals surface area contributed by atoms with Crippen LogP contribution in [0.15, 0.2) is 41.1 Å². The summed E-state index contributed by atoms with van der Waals surface area (Å²) in [6, 6.07) is 7.03. The number of benzene rings is 1. The molecule has 1 amide bonds. The highest BCUT2D eigenvalue weighted by atomic mass is 79.9. The van der Waals surface area contributed by atoms with E-state index in [1.807, 2.05) is 6.92 Å². The van der Waals surface area contributed by atoms with Crippen molar-refractivity contribution in [3.05, 3.63) is 52.3 Å². The van der Waals surface area contributed by atoms with Crippen LogP contribution in [-0.2, 0) is 0 Å². The second-order valence-corrected chi connectivity index (χ2v) is 4.80. The monoisotopic (exact) mass is 305 g/mol. The molecule has 5 heteroatoms. The molecule has 0 saturated heterocycles. The molecule has 0 atom stereocenters. The summed E-state index contributed by atoms with van der Waals surface area (Å²) in [5, 5.41) is 2.79. The largest absolute Gasteiger partial charge is 0.399 e. The molecule has 0 aliphatic rings. The average Bonchev–Trinajstić information content (AvgIpc) is 2.34. The van der Waals surface area contributed by atoms with E-state index < -0.39 is 0 Å². The lowest BCUT2D eigenvalue weighted by Gasteiger charge is -2.08. The highest BCUT2D eigenvalue weighted by molar-refractivity contribution is 9.10. The number of anilines is 2. The minimum atomic E-state index is -0.211. The van der Waals surface area contributed by atoms with Crippen molar-refractivity contribution in [3.63, 3.8) is 0 Å². The third kappa shape index (κ3) is 2.87. The second-order valence-electron chi connectivity index (χ2n) is 3.94. The fourth-order valence-corrected chi connectivity index (χ4v) is 1.86. The Labute approximate surface area is 113 Å². The summed E-state index contributed by atoms with van der Waals surface area (Å²) in [4.78, 5) is 16.0. The van der Waals surface area contributed by atoms with Gasteiger partial charge in [0.1, 0.15) is 0 Å². The van der Waals surface area contributed by atoms with E-state index in [4.69, 9.17) is 5.73 Å². The molecule has 1 aromatic heterocycles. The summed E-state index contributed by atoms with van der Waals surface area (Å²) in [7, 11) is 0. The predicted molar refractivity (Wildman–Crippen MR) is 75.5 cm³/mol. The fourth-order valence-electron chi connectivity index (χ4n) is 1.51. The van der Waals surface area contributed by atoms with Gasteiger partial charge in [-0.15, -0.1) is 0 Å². The third-order valence-electron chi connectivity index (χ3n) is 2.38. The number of aromatic nitrogens is 1. The quantitative estimate of drug-likeness (QED) is 0.838. The van der Waals surface area contributed by atoms with Crippen molar-refractivity contribution in [3.8, 4) is 0 Å². The minimum absolute atomic E-state index is 0.211. The summed E-state index contributed by atoms with van der Waals surface area (Å²) < 4.78 is 0.783. The van der Waals surface area contributed by atoms with Gasteiger partial charge in [0.2, 0.25) is 0 Å². The molecule has 0 aliphatic heterocycles. The first-order valence-electron chi connectivity index (χ1n) is 5.34. The van der Waals surface area contributed by atoms with Gasteiger partial charge in [-0.2, -0.15) is 0 Å². The van der Waals surface area contributed by atoms with Crippen LogP contribution in [0.4, 0.5) is 11.4 Å². The summed E-state index contributed by atoms with van der Waals surface area (Å²) in [6.45, 7) is 1.89. The van der Waals surface area contributed by atoms with Crippen molar-refractivity contribution < 1.29 is 4.79 Å². The number of pyridine rings is 1. The number of nitrogens with one attached hydrogen (secondary N) is 1. The molecule has 2 rings (SSSR count). The maximum Gasteiger partial charge on any atom is 0.257 e. The van der Waals surface area contributed by atoms with Gasteiger partial charge in [0.25, 0.3) is 5.91 Å². The fraction of sp³-hybridized carbons (Fsp3) is 0.0769. The van der Waals surface area contributed by atoms with E-state index in [9.17, 15) is 4.79 Å². The van der Waals surface area contributed by atoms with Crippen molar-refractivity contribution >= 4 is 33.2 Å². The Morgan fingerprint density at radius 1 is 1.33 bits per heavy atom. The molecular weight excluding hydrogens is 294 g/mol. The molecular formula is C13H12BrN3O. The summed E-state index contributed by atoms with van der Waals surface area (Å²) in [5.41, 5.74) is 8.37. The Kier molecular flexibility index (Phi) is 3.62. The van der Waals surface area contributed by atoms with Crippen molar-refractivity contribution in [1.82, 2.24) is 4.98 Å². The van der Waals surface area contributed by atoms with Crippen LogP contribution in [0.3, 0.4) is 0 Å². The number of hydrogen-bond donors (Lipinski definition) is 2.